The Bertz CT molecular complexity index is 1610. The van der Waals surface area contributed by atoms with E-state index in [1.54, 1.807) is 6.20 Å². The highest BCUT2D eigenvalue weighted by atomic mass is 32.2. The maximum absolute atomic E-state index is 13.2. The van der Waals surface area contributed by atoms with Crippen molar-refractivity contribution in [1.29, 1.82) is 0 Å². The van der Waals surface area contributed by atoms with E-state index in [9.17, 15) is 17.6 Å². The highest BCUT2D eigenvalue weighted by Crippen LogP contribution is 2.29. The van der Waals surface area contributed by atoms with Gasteiger partial charge in [0.2, 0.25) is 15.9 Å². The number of morpholine rings is 1. The molecule has 0 saturated carbocycles. The van der Waals surface area contributed by atoms with Crippen molar-refractivity contribution >= 4 is 32.7 Å². The Morgan fingerprint density at radius 3 is 2.58 bits per heavy atom. The van der Waals surface area contributed by atoms with Crippen molar-refractivity contribution in [2.24, 2.45) is 5.92 Å². The Hall–Kier alpha value is -3.65. The fourth-order valence-corrected chi connectivity index (χ4v) is 6.66. The van der Waals surface area contributed by atoms with E-state index >= 15 is 0 Å². The summed E-state index contributed by atoms with van der Waals surface area (Å²) in [6.45, 7) is 4.54. The molecule has 0 unspecified atom stereocenters. The van der Waals surface area contributed by atoms with Gasteiger partial charge in [0.25, 0.3) is 0 Å². The molecular formula is C27H30FN7O4S. The molecule has 0 spiro atoms. The van der Waals surface area contributed by atoms with Gasteiger partial charge in [-0.15, -0.1) is 0 Å². The van der Waals surface area contributed by atoms with Gasteiger partial charge in [0, 0.05) is 44.8 Å². The van der Waals surface area contributed by atoms with E-state index in [1.165, 1.54) is 16.4 Å². The van der Waals surface area contributed by atoms with Crippen molar-refractivity contribution in [3.63, 3.8) is 0 Å². The summed E-state index contributed by atoms with van der Waals surface area (Å²) in [5, 5.41) is 10.1. The monoisotopic (exact) mass is 567 g/mol. The molecule has 2 aliphatic rings. The van der Waals surface area contributed by atoms with Crippen LogP contribution in [0.25, 0.3) is 22.6 Å². The van der Waals surface area contributed by atoms with E-state index < -0.39 is 15.8 Å². The molecule has 1 amide bonds. The molecular weight excluding hydrogens is 537 g/mol. The van der Waals surface area contributed by atoms with Gasteiger partial charge in [0.05, 0.1) is 34.8 Å². The molecule has 0 aliphatic carbocycles. The van der Waals surface area contributed by atoms with Crippen LogP contribution in [0.1, 0.15) is 18.4 Å². The molecule has 11 nitrogen and oxygen atoms in total. The Labute approximate surface area is 230 Å². The SMILES string of the molecule is O=C(Nc1c[nH]nc1-c1nc2cc(CN3CCOCC3)ccc2[nH]1)C1CCN(S(=O)(=O)c2ccc(F)cc2)CC1. The maximum atomic E-state index is 13.2. The zero-order chi connectivity index (χ0) is 27.7. The van der Waals surface area contributed by atoms with E-state index in [0.29, 0.717) is 30.0 Å². The average molecular weight is 568 g/mol. The van der Waals surface area contributed by atoms with Gasteiger partial charge in [-0.3, -0.25) is 14.8 Å². The standard InChI is InChI=1S/C27H30FN7O4S/c28-20-2-4-21(5-3-20)40(37,38)35-9-7-19(8-10-35)27(36)32-24-16-29-33-25(24)26-30-22-6-1-18(15-23(22)31-26)17-34-11-13-39-14-12-34/h1-6,15-16,19H,7-14,17H2,(H,29,33)(H,30,31)(H,32,36). The van der Waals surface area contributed by atoms with E-state index in [0.717, 1.165) is 61.6 Å². The van der Waals surface area contributed by atoms with Crippen LogP contribution >= 0.6 is 0 Å². The second kappa shape index (κ2) is 11.1. The number of piperidine rings is 1. The summed E-state index contributed by atoms with van der Waals surface area (Å²) >= 11 is 0. The number of carbonyl (C=O) groups excluding carboxylic acids is 1. The van der Waals surface area contributed by atoms with Crippen molar-refractivity contribution in [2.45, 2.75) is 24.3 Å². The first kappa shape index (κ1) is 26.6. The fourth-order valence-electron chi connectivity index (χ4n) is 5.19. The lowest BCUT2D eigenvalue weighted by Crippen LogP contribution is -2.41. The minimum Gasteiger partial charge on any atom is -0.379 e. The molecule has 210 valence electrons. The first-order valence-corrected chi connectivity index (χ1v) is 14.7. The smallest absolute Gasteiger partial charge is 0.243 e. The van der Waals surface area contributed by atoms with Gasteiger partial charge in [-0.2, -0.15) is 9.40 Å². The molecule has 2 aliphatic heterocycles. The summed E-state index contributed by atoms with van der Waals surface area (Å²) in [4.78, 5) is 23.5. The molecule has 2 aromatic heterocycles. The molecule has 40 heavy (non-hydrogen) atoms. The van der Waals surface area contributed by atoms with Crippen LogP contribution < -0.4 is 5.32 Å². The Morgan fingerprint density at radius 1 is 1.07 bits per heavy atom. The predicted octanol–water partition coefficient (Wildman–Crippen LogP) is 2.96. The number of aromatic nitrogens is 4. The van der Waals surface area contributed by atoms with Crippen LogP contribution in [0.4, 0.5) is 10.1 Å². The highest BCUT2D eigenvalue weighted by molar-refractivity contribution is 7.89. The van der Waals surface area contributed by atoms with Crippen molar-refractivity contribution in [3.05, 3.63) is 60.0 Å². The largest absolute Gasteiger partial charge is 0.379 e. The molecule has 2 saturated heterocycles. The number of nitrogens with zero attached hydrogens (tertiary/aromatic N) is 4. The number of ether oxygens (including phenoxy) is 1. The number of halogens is 1. The van der Waals surface area contributed by atoms with Gasteiger partial charge < -0.3 is 15.0 Å². The molecule has 0 atom stereocenters. The van der Waals surface area contributed by atoms with Gasteiger partial charge in [-0.25, -0.2) is 17.8 Å². The number of amides is 1. The molecule has 4 heterocycles. The van der Waals surface area contributed by atoms with Crippen LogP contribution in [0.2, 0.25) is 0 Å². The summed E-state index contributed by atoms with van der Waals surface area (Å²) < 4.78 is 45.8. The minimum atomic E-state index is -3.75. The third kappa shape index (κ3) is 5.50. The highest BCUT2D eigenvalue weighted by Gasteiger charge is 2.32. The normalized spacial score (nSPS) is 17.8. The van der Waals surface area contributed by atoms with Gasteiger partial charge in [0.1, 0.15) is 5.82 Å². The van der Waals surface area contributed by atoms with Gasteiger partial charge >= 0.3 is 0 Å². The number of imidazole rings is 1. The Balaban J connectivity index is 1.10. The van der Waals surface area contributed by atoms with E-state index in [1.807, 2.05) is 6.07 Å². The maximum Gasteiger partial charge on any atom is 0.243 e. The van der Waals surface area contributed by atoms with Crippen molar-refractivity contribution in [1.82, 2.24) is 29.4 Å². The average Bonchev–Trinajstić information content (AvgIpc) is 3.60. The van der Waals surface area contributed by atoms with Crippen LogP contribution in [0, 0.1) is 11.7 Å². The number of carbonyl (C=O) groups is 1. The Kier molecular flexibility index (Phi) is 7.36. The van der Waals surface area contributed by atoms with Gasteiger partial charge in [-0.05, 0) is 54.8 Å². The van der Waals surface area contributed by atoms with E-state index in [-0.39, 0.29) is 29.8 Å². The number of H-pyrrole nitrogens is 2. The first-order valence-electron chi connectivity index (χ1n) is 13.3. The van der Waals surface area contributed by atoms with Crippen molar-refractivity contribution in [2.75, 3.05) is 44.7 Å². The number of aromatic amines is 2. The lowest BCUT2D eigenvalue weighted by Gasteiger charge is -2.30. The van der Waals surface area contributed by atoms with Crippen LogP contribution in [0.15, 0.2) is 53.6 Å². The Morgan fingerprint density at radius 2 is 1.82 bits per heavy atom. The van der Waals surface area contributed by atoms with E-state index in [2.05, 4.69) is 37.5 Å². The fraction of sp³-hybridized carbons (Fsp3) is 0.370. The predicted molar refractivity (Wildman–Crippen MR) is 146 cm³/mol. The summed E-state index contributed by atoms with van der Waals surface area (Å²) in [6.07, 6.45) is 2.35. The molecule has 6 rings (SSSR count). The zero-order valence-corrected chi connectivity index (χ0v) is 22.6. The number of rotatable bonds is 7. The lowest BCUT2D eigenvalue weighted by molar-refractivity contribution is -0.120. The van der Waals surface area contributed by atoms with Crippen LogP contribution in [0.3, 0.4) is 0 Å². The van der Waals surface area contributed by atoms with Crippen molar-refractivity contribution in [3.8, 4) is 11.5 Å². The molecule has 0 bridgehead atoms. The molecule has 3 N–H and O–H groups in total. The zero-order valence-electron chi connectivity index (χ0n) is 21.8. The second-order valence-corrected chi connectivity index (χ2v) is 12.0. The van der Waals surface area contributed by atoms with Gasteiger partial charge in [-0.1, -0.05) is 6.07 Å². The van der Waals surface area contributed by atoms with Crippen molar-refractivity contribution < 1.29 is 22.3 Å². The van der Waals surface area contributed by atoms with Crippen LogP contribution in [-0.2, 0) is 26.1 Å². The first-order chi connectivity index (χ1) is 19.4. The van der Waals surface area contributed by atoms with Gasteiger partial charge in [0.15, 0.2) is 11.5 Å². The number of fused-ring (bicyclic) bond motifs is 1. The summed E-state index contributed by atoms with van der Waals surface area (Å²) in [5.74, 6) is -0.523. The summed E-state index contributed by atoms with van der Waals surface area (Å²) in [7, 11) is -3.75. The quantitative estimate of drug-likeness (QED) is 0.312. The third-order valence-corrected chi connectivity index (χ3v) is 9.37. The topological polar surface area (TPSA) is 136 Å². The molecule has 4 aromatic rings. The second-order valence-electron chi connectivity index (χ2n) is 10.1. The molecule has 0 radical (unpaired) electrons. The number of hydrogen-bond acceptors (Lipinski definition) is 7. The molecule has 2 fully saturated rings. The summed E-state index contributed by atoms with van der Waals surface area (Å²) in [6, 6.07) is 10.9. The minimum absolute atomic E-state index is 0.0406. The van der Waals surface area contributed by atoms with E-state index in [4.69, 9.17) is 9.72 Å². The molecule has 13 heteroatoms. The van der Waals surface area contributed by atoms with Crippen LogP contribution in [-0.4, -0.2) is 83.1 Å². The lowest BCUT2D eigenvalue weighted by atomic mass is 9.97. The molecule has 2 aromatic carbocycles. The summed E-state index contributed by atoms with van der Waals surface area (Å²) in [5.41, 5.74) is 3.84. The number of benzene rings is 2. The third-order valence-electron chi connectivity index (χ3n) is 7.46. The number of hydrogen-bond donors (Lipinski definition) is 3. The number of anilines is 1. The van der Waals surface area contributed by atoms with Crippen LogP contribution in [0.5, 0.6) is 0 Å². The number of nitrogens with one attached hydrogen (secondary N) is 3. The number of sulfonamides is 1.